The number of hydrogen-bond donors (Lipinski definition) is 1. The highest BCUT2D eigenvalue weighted by Gasteiger charge is 2.16. The summed E-state index contributed by atoms with van der Waals surface area (Å²) in [7, 11) is 0. The van der Waals surface area contributed by atoms with Crippen molar-refractivity contribution >= 4 is 34.3 Å². The Morgan fingerprint density at radius 1 is 1.09 bits per heavy atom. The first-order valence-electron chi connectivity index (χ1n) is 10.7. The molecular weight excluding hydrogens is 426 g/mol. The van der Waals surface area contributed by atoms with Gasteiger partial charge in [-0.25, -0.2) is 4.98 Å². The van der Waals surface area contributed by atoms with E-state index < -0.39 is 6.29 Å². The van der Waals surface area contributed by atoms with Crippen LogP contribution in [0, 0.1) is 6.92 Å². The second-order valence-electron chi connectivity index (χ2n) is 7.20. The molecular formula is C24H29N3O4S. The van der Waals surface area contributed by atoms with Crippen LogP contribution >= 0.6 is 11.8 Å². The lowest BCUT2D eigenvalue weighted by molar-refractivity contribution is -0.141. The zero-order valence-corrected chi connectivity index (χ0v) is 19.5. The molecule has 3 rings (SSSR count). The lowest BCUT2D eigenvalue weighted by Crippen LogP contribution is -2.27. The smallest absolute Gasteiger partial charge is 0.262 e. The molecule has 8 heteroatoms. The van der Waals surface area contributed by atoms with E-state index in [1.807, 2.05) is 57.2 Å². The highest BCUT2D eigenvalue weighted by atomic mass is 32.2. The lowest BCUT2D eigenvalue weighted by atomic mass is 10.2. The molecule has 170 valence electrons. The number of para-hydroxylation sites is 1. The average molecular weight is 456 g/mol. The largest absolute Gasteiger partial charge is 0.353 e. The number of carbonyl (C=O) groups excluding carboxylic acids is 1. The summed E-state index contributed by atoms with van der Waals surface area (Å²) < 4.78 is 12.8. The first kappa shape index (κ1) is 24.0. The molecule has 7 nitrogen and oxygen atoms in total. The van der Waals surface area contributed by atoms with Crippen molar-refractivity contribution in [2.75, 3.05) is 24.3 Å². The van der Waals surface area contributed by atoms with Gasteiger partial charge in [-0.3, -0.25) is 14.2 Å². The van der Waals surface area contributed by atoms with E-state index in [1.165, 1.54) is 11.8 Å². The number of aryl methyl sites for hydroxylation is 1. The van der Waals surface area contributed by atoms with E-state index in [1.54, 1.807) is 16.7 Å². The molecule has 0 saturated carbocycles. The van der Waals surface area contributed by atoms with Gasteiger partial charge in [0.2, 0.25) is 5.91 Å². The van der Waals surface area contributed by atoms with Crippen molar-refractivity contribution < 1.29 is 14.3 Å². The Morgan fingerprint density at radius 2 is 1.78 bits per heavy atom. The van der Waals surface area contributed by atoms with Crippen molar-refractivity contribution in [3.05, 3.63) is 64.4 Å². The molecule has 0 saturated heterocycles. The fourth-order valence-electron chi connectivity index (χ4n) is 3.24. The Morgan fingerprint density at radius 3 is 2.47 bits per heavy atom. The molecule has 0 fully saturated rings. The SMILES string of the molecule is CCOC(CCn1c(SCC(=O)Nc2ccc(C)cc2)nc2ccccc2c1=O)OCC. The first-order valence-corrected chi connectivity index (χ1v) is 11.7. The molecule has 1 amide bonds. The van der Waals surface area contributed by atoms with Gasteiger partial charge in [0, 0.05) is 31.9 Å². The van der Waals surface area contributed by atoms with Crippen LogP contribution < -0.4 is 10.9 Å². The molecule has 1 N–H and O–H groups in total. The number of hydrogen-bond acceptors (Lipinski definition) is 6. The number of benzene rings is 2. The summed E-state index contributed by atoms with van der Waals surface area (Å²) in [6.07, 6.45) is 0.108. The van der Waals surface area contributed by atoms with Crippen molar-refractivity contribution in [2.24, 2.45) is 0 Å². The molecule has 0 atom stereocenters. The topological polar surface area (TPSA) is 82.5 Å². The van der Waals surface area contributed by atoms with Crippen molar-refractivity contribution in [1.82, 2.24) is 9.55 Å². The van der Waals surface area contributed by atoms with Crippen LogP contribution in [0.3, 0.4) is 0 Å². The van der Waals surface area contributed by atoms with Gasteiger partial charge in [0.05, 0.1) is 16.7 Å². The molecule has 1 aromatic heterocycles. The third-order valence-electron chi connectivity index (χ3n) is 4.79. The maximum Gasteiger partial charge on any atom is 0.262 e. The molecule has 0 unspecified atom stereocenters. The lowest BCUT2D eigenvalue weighted by Gasteiger charge is -2.19. The Balaban J connectivity index is 1.79. The van der Waals surface area contributed by atoms with Gasteiger partial charge in [-0.2, -0.15) is 0 Å². The fourth-order valence-corrected chi connectivity index (χ4v) is 4.07. The number of aromatic nitrogens is 2. The van der Waals surface area contributed by atoms with Gasteiger partial charge < -0.3 is 14.8 Å². The number of anilines is 1. The van der Waals surface area contributed by atoms with Crippen LogP contribution in [-0.4, -0.2) is 40.7 Å². The van der Waals surface area contributed by atoms with Crippen LogP contribution in [0.25, 0.3) is 10.9 Å². The van der Waals surface area contributed by atoms with E-state index >= 15 is 0 Å². The predicted molar refractivity (Wildman–Crippen MR) is 128 cm³/mol. The predicted octanol–water partition coefficient (Wildman–Crippen LogP) is 4.22. The van der Waals surface area contributed by atoms with Crippen LogP contribution in [0.1, 0.15) is 25.8 Å². The molecule has 0 aliphatic heterocycles. The van der Waals surface area contributed by atoms with Gasteiger partial charge in [0.1, 0.15) is 0 Å². The van der Waals surface area contributed by atoms with E-state index in [9.17, 15) is 9.59 Å². The highest BCUT2D eigenvalue weighted by molar-refractivity contribution is 7.99. The summed E-state index contributed by atoms with van der Waals surface area (Å²) in [4.78, 5) is 30.3. The molecule has 3 aromatic rings. The second kappa shape index (κ2) is 11.8. The van der Waals surface area contributed by atoms with Crippen molar-refractivity contribution in [3.63, 3.8) is 0 Å². The Labute approximate surface area is 192 Å². The summed E-state index contributed by atoms with van der Waals surface area (Å²) in [5.74, 6) is -0.0201. The molecule has 1 heterocycles. The van der Waals surface area contributed by atoms with Crippen molar-refractivity contribution in [3.8, 4) is 0 Å². The van der Waals surface area contributed by atoms with E-state index in [4.69, 9.17) is 9.47 Å². The Kier molecular flexibility index (Phi) is 8.84. The van der Waals surface area contributed by atoms with Crippen LogP contribution in [0.5, 0.6) is 0 Å². The van der Waals surface area contributed by atoms with Crippen molar-refractivity contribution in [2.45, 2.75) is 45.2 Å². The summed E-state index contributed by atoms with van der Waals surface area (Å²) in [6.45, 7) is 7.23. The summed E-state index contributed by atoms with van der Waals surface area (Å²) >= 11 is 1.24. The van der Waals surface area contributed by atoms with Gasteiger partial charge in [-0.15, -0.1) is 0 Å². The van der Waals surface area contributed by atoms with E-state index in [0.29, 0.717) is 42.2 Å². The van der Waals surface area contributed by atoms with Gasteiger partial charge in [0.25, 0.3) is 5.56 Å². The number of thioether (sulfide) groups is 1. The fraction of sp³-hybridized carbons (Fsp3) is 0.375. The van der Waals surface area contributed by atoms with Crippen LogP contribution in [0.4, 0.5) is 5.69 Å². The van der Waals surface area contributed by atoms with Crippen molar-refractivity contribution in [1.29, 1.82) is 0 Å². The molecule has 0 aliphatic carbocycles. The number of nitrogens with zero attached hydrogens (tertiary/aromatic N) is 2. The van der Waals surface area contributed by atoms with Crippen LogP contribution in [0.2, 0.25) is 0 Å². The highest BCUT2D eigenvalue weighted by Crippen LogP contribution is 2.19. The molecule has 2 aromatic carbocycles. The number of rotatable bonds is 11. The molecule has 0 radical (unpaired) electrons. The van der Waals surface area contributed by atoms with Gasteiger partial charge in [0.15, 0.2) is 11.4 Å². The Hall–Kier alpha value is -2.68. The average Bonchev–Trinajstić information content (AvgIpc) is 2.79. The monoisotopic (exact) mass is 455 g/mol. The third kappa shape index (κ3) is 6.41. The molecule has 32 heavy (non-hydrogen) atoms. The standard InChI is InChI=1S/C24H29N3O4S/c1-4-30-22(31-5-2)14-15-27-23(29)19-8-6-7-9-20(19)26-24(27)32-16-21(28)25-18-12-10-17(3)11-13-18/h6-13,22H,4-5,14-16H2,1-3H3,(H,25,28). The minimum Gasteiger partial charge on any atom is -0.353 e. The third-order valence-corrected chi connectivity index (χ3v) is 5.76. The number of carbonyl (C=O) groups is 1. The minimum absolute atomic E-state index is 0.135. The zero-order chi connectivity index (χ0) is 22.9. The quantitative estimate of drug-likeness (QED) is 0.265. The van der Waals surface area contributed by atoms with E-state index in [0.717, 1.165) is 11.3 Å². The van der Waals surface area contributed by atoms with Gasteiger partial charge in [-0.05, 0) is 45.0 Å². The second-order valence-corrected chi connectivity index (χ2v) is 8.14. The van der Waals surface area contributed by atoms with Gasteiger partial charge >= 0.3 is 0 Å². The maximum atomic E-state index is 13.2. The minimum atomic E-state index is -0.397. The number of ether oxygens (including phenoxy) is 2. The van der Waals surface area contributed by atoms with E-state index in [2.05, 4.69) is 10.3 Å². The maximum absolute atomic E-state index is 13.2. The van der Waals surface area contributed by atoms with Crippen LogP contribution in [0.15, 0.2) is 58.5 Å². The summed E-state index contributed by atoms with van der Waals surface area (Å²) in [6, 6.07) is 14.9. The summed E-state index contributed by atoms with van der Waals surface area (Å²) in [5.41, 5.74) is 2.34. The molecule has 0 spiro atoms. The summed E-state index contributed by atoms with van der Waals surface area (Å²) in [5, 5.41) is 3.93. The molecule has 0 bridgehead atoms. The zero-order valence-electron chi connectivity index (χ0n) is 18.7. The van der Waals surface area contributed by atoms with E-state index in [-0.39, 0.29) is 17.2 Å². The number of nitrogens with one attached hydrogen (secondary N) is 1. The number of amides is 1. The van der Waals surface area contributed by atoms with Gasteiger partial charge in [-0.1, -0.05) is 41.6 Å². The number of fused-ring (bicyclic) bond motifs is 1. The Bertz CT molecular complexity index is 1090. The normalized spacial score (nSPS) is 11.2. The first-order chi connectivity index (χ1) is 15.5. The van der Waals surface area contributed by atoms with Crippen LogP contribution in [-0.2, 0) is 20.8 Å². The molecule has 0 aliphatic rings.